The Balaban J connectivity index is 1.46. The molecule has 0 spiro atoms. The van der Waals surface area contributed by atoms with Gasteiger partial charge in [0.25, 0.3) is 0 Å². The highest BCUT2D eigenvalue weighted by Gasteiger charge is 2.21. The van der Waals surface area contributed by atoms with Crippen molar-refractivity contribution >= 4 is 23.3 Å². The molecule has 1 aromatic heterocycles. The molecule has 132 valence electrons. The molecule has 1 aliphatic heterocycles. The van der Waals surface area contributed by atoms with Gasteiger partial charge < -0.3 is 20.0 Å². The minimum Gasteiger partial charge on any atom is -0.469 e. The molecule has 1 atom stereocenters. The zero-order valence-electron chi connectivity index (χ0n) is 14.3. The van der Waals surface area contributed by atoms with E-state index in [0.717, 1.165) is 37.3 Å². The second-order valence-electron chi connectivity index (χ2n) is 6.31. The lowest BCUT2D eigenvalue weighted by Crippen LogP contribution is -2.36. The van der Waals surface area contributed by atoms with E-state index in [-0.39, 0.29) is 18.0 Å². The maximum atomic E-state index is 12.1. The van der Waals surface area contributed by atoms with Gasteiger partial charge in [0.05, 0.1) is 6.26 Å². The van der Waals surface area contributed by atoms with Crippen molar-refractivity contribution in [3.63, 3.8) is 0 Å². The maximum Gasteiger partial charge on any atom is 0.319 e. The van der Waals surface area contributed by atoms with Crippen LogP contribution in [-0.4, -0.2) is 24.5 Å². The Labute approximate surface area is 147 Å². The molecule has 1 aromatic carbocycles. The van der Waals surface area contributed by atoms with Gasteiger partial charge >= 0.3 is 6.03 Å². The van der Waals surface area contributed by atoms with Crippen LogP contribution in [-0.2, 0) is 11.2 Å². The number of furan rings is 1. The van der Waals surface area contributed by atoms with Crippen LogP contribution in [0.3, 0.4) is 0 Å². The van der Waals surface area contributed by atoms with E-state index in [4.69, 9.17) is 4.42 Å². The fourth-order valence-corrected chi connectivity index (χ4v) is 2.92. The molecule has 6 heteroatoms. The number of nitrogens with zero attached hydrogens (tertiary/aromatic N) is 1. The summed E-state index contributed by atoms with van der Waals surface area (Å²) in [5.41, 5.74) is 1.58. The first-order chi connectivity index (χ1) is 12.1. The van der Waals surface area contributed by atoms with Crippen LogP contribution < -0.4 is 15.5 Å². The van der Waals surface area contributed by atoms with Crippen molar-refractivity contribution in [3.05, 3.63) is 48.4 Å². The van der Waals surface area contributed by atoms with Gasteiger partial charge in [0, 0.05) is 36.8 Å². The maximum absolute atomic E-state index is 12.1. The molecule has 1 aliphatic rings. The number of rotatable bonds is 6. The second kappa shape index (κ2) is 7.88. The van der Waals surface area contributed by atoms with Gasteiger partial charge in [0.1, 0.15) is 5.76 Å². The molecule has 0 aliphatic carbocycles. The van der Waals surface area contributed by atoms with Crippen molar-refractivity contribution in [2.24, 2.45) is 0 Å². The Bertz CT molecular complexity index is 710. The molecule has 2 heterocycles. The third kappa shape index (κ3) is 4.62. The van der Waals surface area contributed by atoms with Crippen LogP contribution >= 0.6 is 0 Å². The first-order valence-electron chi connectivity index (χ1n) is 8.62. The summed E-state index contributed by atoms with van der Waals surface area (Å²) in [7, 11) is 0. The molecule has 2 aromatic rings. The van der Waals surface area contributed by atoms with Gasteiger partial charge in [-0.2, -0.15) is 0 Å². The minimum atomic E-state index is -0.239. The van der Waals surface area contributed by atoms with E-state index < -0.39 is 0 Å². The van der Waals surface area contributed by atoms with Crippen molar-refractivity contribution in [1.82, 2.24) is 5.32 Å². The van der Waals surface area contributed by atoms with Crippen molar-refractivity contribution < 1.29 is 14.0 Å². The van der Waals surface area contributed by atoms with Crippen LogP contribution in [0.1, 0.15) is 31.9 Å². The van der Waals surface area contributed by atoms with E-state index in [1.807, 2.05) is 43.3 Å². The lowest BCUT2D eigenvalue weighted by Gasteiger charge is -2.17. The summed E-state index contributed by atoms with van der Waals surface area (Å²) in [6.07, 6.45) is 4.75. The van der Waals surface area contributed by atoms with Gasteiger partial charge in [-0.05, 0) is 56.2 Å². The summed E-state index contributed by atoms with van der Waals surface area (Å²) >= 11 is 0. The molecule has 0 unspecified atom stereocenters. The first-order valence-corrected chi connectivity index (χ1v) is 8.62. The highest BCUT2D eigenvalue weighted by Crippen LogP contribution is 2.23. The molecule has 2 N–H and O–H groups in total. The summed E-state index contributed by atoms with van der Waals surface area (Å²) in [5.74, 6) is 1.07. The molecule has 0 bridgehead atoms. The monoisotopic (exact) mass is 341 g/mol. The number of urea groups is 1. The second-order valence-corrected chi connectivity index (χ2v) is 6.31. The largest absolute Gasteiger partial charge is 0.469 e. The van der Waals surface area contributed by atoms with E-state index >= 15 is 0 Å². The van der Waals surface area contributed by atoms with Crippen LogP contribution in [0.2, 0.25) is 0 Å². The summed E-state index contributed by atoms with van der Waals surface area (Å²) in [5, 5.41) is 5.73. The lowest BCUT2D eigenvalue weighted by atomic mass is 10.1. The van der Waals surface area contributed by atoms with Gasteiger partial charge in [0.15, 0.2) is 0 Å². The average molecular weight is 341 g/mol. The smallest absolute Gasteiger partial charge is 0.319 e. The molecule has 0 saturated carbocycles. The fourth-order valence-electron chi connectivity index (χ4n) is 2.92. The molecule has 1 fully saturated rings. The van der Waals surface area contributed by atoms with Crippen molar-refractivity contribution in [2.45, 2.75) is 38.6 Å². The predicted octanol–water partition coefficient (Wildman–Crippen LogP) is 3.55. The third-order valence-corrected chi connectivity index (χ3v) is 4.29. The molecular formula is C19H23N3O3. The quantitative estimate of drug-likeness (QED) is 0.844. The highest BCUT2D eigenvalue weighted by atomic mass is 16.3. The van der Waals surface area contributed by atoms with Gasteiger partial charge in [-0.3, -0.25) is 4.79 Å². The number of nitrogens with one attached hydrogen (secondary N) is 2. The highest BCUT2D eigenvalue weighted by molar-refractivity contribution is 5.96. The topological polar surface area (TPSA) is 74.6 Å². The van der Waals surface area contributed by atoms with E-state index in [2.05, 4.69) is 10.6 Å². The minimum absolute atomic E-state index is 0.0339. The summed E-state index contributed by atoms with van der Waals surface area (Å²) in [6, 6.07) is 10.9. The number of benzene rings is 1. The number of carbonyl (C=O) groups is 2. The molecule has 25 heavy (non-hydrogen) atoms. The Hall–Kier alpha value is -2.76. The van der Waals surface area contributed by atoms with Crippen LogP contribution in [0.4, 0.5) is 16.2 Å². The van der Waals surface area contributed by atoms with E-state index in [9.17, 15) is 9.59 Å². The number of anilines is 2. The Morgan fingerprint density at radius 3 is 2.72 bits per heavy atom. The molecule has 0 radical (unpaired) electrons. The normalized spacial score (nSPS) is 15.2. The molecular weight excluding hydrogens is 318 g/mol. The van der Waals surface area contributed by atoms with Crippen molar-refractivity contribution in [3.8, 4) is 0 Å². The Kier molecular flexibility index (Phi) is 5.38. The Morgan fingerprint density at radius 2 is 2.08 bits per heavy atom. The summed E-state index contributed by atoms with van der Waals surface area (Å²) < 4.78 is 5.29. The summed E-state index contributed by atoms with van der Waals surface area (Å²) in [4.78, 5) is 25.6. The van der Waals surface area contributed by atoms with Gasteiger partial charge in [0.2, 0.25) is 5.91 Å². The van der Waals surface area contributed by atoms with Gasteiger partial charge in [-0.15, -0.1) is 0 Å². The van der Waals surface area contributed by atoms with Crippen LogP contribution in [0.15, 0.2) is 47.1 Å². The molecule has 6 nitrogen and oxygen atoms in total. The van der Waals surface area contributed by atoms with Crippen molar-refractivity contribution in [1.29, 1.82) is 0 Å². The summed E-state index contributed by atoms with van der Waals surface area (Å²) in [6.45, 7) is 2.73. The van der Waals surface area contributed by atoms with E-state index in [1.54, 1.807) is 11.2 Å². The zero-order chi connectivity index (χ0) is 17.6. The number of hydrogen-bond donors (Lipinski definition) is 2. The van der Waals surface area contributed by atoms with E-state index in [1.165, 1.54) is 0 Å². The zero-order valence-corrected chi connectivity index (χ0v) is 14.3. The van der Waals surface area contributed by atoms with E-state index in [0.29, 0.717) is 12.1 Å². The molecule has 3 rings (SSSR count). The van der Waals surface area contributed by atoms with Crippen LogP contribution in [0.25, 0.3) is 0 Å². The Morgan fingerprint density at radius 1 is 1.28 bits per heavy atom. The van der Waals surface area contributed by atoms with Gasteiger partial charge in [-0.25, -0.2) is 4.79 Å². The first kappa shape index (κ1) is 17.1. The third-order valence-electron chi connectivity index (χ3n) is 4.29. The SMILES string of the molecule is C[C@H](CCc1ccco1)NC(=O)Nc1ccc(N2CCCC2=O)cc1. The van der Waals surface area contributed by atoms with Crippen LogP contribution in [0, 0.1) is 0 Å². The lowest BCUT2D eigenvalue weighted by molar-refractivity contribution is -0.117. The number of hydrogen-bond acceptors (Lipinski definition) is 3. The number of amides is 3. The molecule has 3 amide bonds. The fraction of sp³-hybridized carbons (Fsp3) is 0.368. The number of aryl methyl sites for hydroxylation is 1. The predicted molar refractivity (Wildman–Crippen MR) is 96.7 cm³/mol. The average Bonchev–Trinajstić information content (AvgIpc) is 3.25. The van der Waals surface area contributed by atoms with Crippen LogP contribution in [0.5, 0.6) is 0 Å². The number of carbonyl (C=O) groups excluding carboxylic acids is 2. The standard InChI is InChI=1S/C19H23N3O3/c1-14(6-11-17-4-3-13-25-17)20-19(24)21-15-7-9-16(10-8-15)22-12-2-5-18(22)23/h3-4,7-10,13-14H,2,5-6,11-12H2,1H3,(H2,20,21,24)/t14-/m1/s1. The van der Waals surface area contributed by atoms with Crippen molar-refractivity contribution in [2.75, 3.05) is 16.8 Å². The molecule has 1 saturated heterocycles. The van der Waals surface area contributed by atoms with Gasteiger partial charge in [-0.1, -0.05) is 0 Å².